The lowest BCUT2D eigenvalue weighted by atomic mass is 10.2. The Morgan fingerprint density at radius 2 is 2.22 bits per heavy atom. The molecule has 0 bridgehead atoms. The number of aromatic nitrogens is 2. The fourth-order valence-electron chi connectivity index (χ4n) is 1.81. The van der Waals surface area contributed by atoms with Gasteiger partial charge in [-0.3, -0.25) is 0 Å². The van der Waals surface area contributed by atoms with Crippen molar-refractivity contribution in [1.82, 2.24) is 10.1 Å². The number of nitrogens with zero attached hydrogens (tertiary/aromatic N) is 2. The second-order valence-corrected chi connectivity index (χ2v) is 4.83. The van der Waals surface area contributed by atoms with Crippen molar-refractivity contribution in [3.05, 3.63) is 34.9 Å². The minimum absolute atomic E-state index is 0.0266. The van der Waals surface area contributed by atoms with Crippen LogP contribution in [0.2, 0.25) is 5.02 Å². The number of nitrogens with two attached hydrogens (primary N) is 1. The maximum atomic E-state index is 13.8. The van der Waals surface area contributed by atoms with Crippen LogP contribution in [0.25, 0.3) is 11.5 Å². The highest BCUT2D eigenvalue weighted by Crippen LogP contribution is 2.39. The molecule has 0 spiro atoms. The van der Waals surface area contributed by atoms with Crippen LogP contribution in [0, 0.1) is 11.7 Å². The van der Waals surface area contributed by atoms with Crippen LogP contribution in [0.5, 0.6) is 0 Å². The van der Waals surface area contributed by atoms with E-state index in [-0.39, 0.29) is 22.5 Å². The second kappa shape index (κ2) is 4.33. The molecule has 1 fully saturated rings. The highest BCUT2D eigenvalue weighted by atomic mass is 35.5. The standard InChI is InChI=1S/C12H11ClFN3O/c13-8-3-1-2-7(9(8)14)12-16-11(17-18-12)10(15)6-4-5-6/h1-3,6,10H,4-5,15H2. The monoisotopic (exact) mass is 267 g/mol. The molecule has 1 atom stereocenters. The highest BCUT2D eigenvalue weighted by molar-refractivity contribution is 6.31. The van der Waals surface area contributed by atoms with Gasteiger partial charge in [-0.1, -0.05) is 22.8 Å². The molecule has 0 radical (unpaired) electrons. The Balaban J connectivity index is 1.94. The first-order chi connectivity index (χ1) is 8.66. The average molecular weight is 268 g/mol. The van der Waals surface area contributed by atoms with Crippen molar-refractivity contribution in [2.75, 3.05) is 0 Å². The molecule has 0 saturated heterocycles. The molecule has 2 N–H and O–H groups in total. The molecular formula is C12H11ClFN3O. The third kappa shape index (κ3) is 2.00. The van der Waals surface area contributed by atoms with Crippen molar-refractivity contribution < 1.29 is 8.91 Å². The number of hydrogen-bond donors (Lipinski definition) is 1. The zero-order valence-corrected chi connectivity index (χ0v) is 10.2. The topological polar surface area (TPSA) is 64.9 Å². The number of halogens is 2. The molecule has 6 heteroatoms. The first-order valence-corrected chi connectivity index (χ1v) is 6.08. The Morgan fingerprint density at radius 3 is 2.94 bits per heavy atom. The van der Waals surface area contributed by atoms with Gasteiger partial charge in [-0.2, -0.15) is 4.98 Å². The van der Waals surface area contributed by atoms with Gasteiger partial charge < -0.3 is 10.3 Å². The number of hydrogen-bond acceptors (Lipinski definition) is 4. The molecule has 1 unspecified atom stereocenters. The van der Waals surface area contributed by atoms with E-state index in [0.717, 1.165) is 12.8 Å². The molecule has 1 aliphatic rings. The van der Waals surface area contributed by atoms with Gasteiger partial charge in [-0.15, -0.1) is 0 Å². The zero-order valence-electron chi connectivity index (χ0n) is 9.44. The van der Waals surface area contributed by atoms with Crippen molar-refractivity contribution in [3.63, 3.8) is 0 Å². The van der Waals surface area contributed by atoms with Gasteiger partial charge in [0.15, 0.2) is 11.6 Å². The molecule has 1 heterocycles. The molecule has 94 valence electrons. The van der Waals surface area contributed by atoms with E-state index in [4.69, 9.17) is 21.9 Å². The van der Waals surface area contributed by atoms with Crippen LogP contribution in [-0.4, -0.2) is 10.1 Å². The van der Waals surface area contributed by atoms with Gasteiger partial charge in [0.25, 0.3) is 5.89 Å². The molecule has 1 aliphatic carbocycles. The quantitative estimate of drug-likeness (QED) is 0.929. The van der Waals surface area contributed by atoms with Crippen LogP contribution in [-0.2, 0) is 0 Å². The first-order valence-electron chi connectivity index (χ1n) is 5.70. The smallest absolute Gasteiger partial charge is 0.261 e. The summed E-state index contributed by atoms with van der Waals surface area (Å²) in [7, 11) is 0. The summed E-state index contributed by atoms with van der Waals surface area (Å²) in [6.45, 7) is 0. The SMILES string of the molecule is NC(c1noc(-c2cccc(Cl)c2F)n1)C1CC1. The third-order valence-corrected chi connectivity index (χ3v) is 3.34. The first kappa shape index (κ1) is 11.6. The van der Waals surface area contributed by atoms with Crippen LogP contribution >= 0.6 is 11.6 Å². The Labute approximate surface area is 108 Å². The molecule has 2 aromatic rings. The molecule has 0 amide bonds. The second-order valence-electron chi connectivity index (χ2n) is 4.42. The van der Waals surface area contributed by atoms with E-state index in [0.29, 0.717) is 11.7 Å². The summed E-state index contributed by atoms with van der Waals surface area (Å²) >= 11 is 5.70. The van der Waals surface area contributed by atoms with Crippen molar-refractivity contribution in [2.45, 2.75) is 18.9 Å². The minimum Gasteiger partial charge on any atom is -0.334 e. The third-order valence-electron chi connectivity index (χ3n) is 3.05. The molecule has 1 saturated carbocycles. The molecule has 4 nitrogen and oxygen atoms in total. The lowest BCUT2D eigenvalue weighted by Gasteiger charge is -2.02. The Kier molecular flexibility index (Phi) is 2.80. The van der Waals surface area contributed by atoms with Crippen LogP contribution in [0.1, 0.15) is 24.7 Å². The summed E-state index contributed by atoms with van der Waals surface area (Å²) in [5.41, 5.74) is 6.15. The predicted molar refractivity (Wildman–Crippen MR) is 64.4 cm³/mol. The fraction of sp³-hybridized carbons (Fsp3) is 0.333. The van der Waals surface area contributed by atoms with E-state index < -0.39 is 5.82 Å². The molecule has 1 aromatic carbocycles. The fourth-order valence-corrected chi connectivity index (χ4v) is 1.99. The summed E-state index contributed by atoms with van der Waals surface area (Å²) in [5.74, 6) is 0.391. The Morgan fingerprint density at radius 1 is 1.44 bits per heavy atom. The van der Waals surface area contributed by atoms with Crippen molar-refractivity contribution in [3.8, 4) is 11.5 Å². The van der Waals surface area contributed by atoms with Crippen molar-refractivity contribution in [2.24, 2.45) is 11.7 Å². The molecular weight excluding hydrogens is 257 g/mol. The summed E-state index contributed by atoms with van der Waals surface area (Å²) < 4.78 is 18.8. The van der Waals surface area contributed by atoms with Gasteiger partial charge in [-0.05, 0) is 30.9 Å². The largest absolute Gasteiger partial charge is 0.334 e. The van der Waals surface area contributed by atoms with Crippen molar-refractivity contribution in [1.29, 1.82) is 0 Å². The van der Waals surface area contributed by atoms with Gasteiger partial charge >= 0.3 is 0 Å². The minimum atomic E-state index is -0.561. The summed E-state index contributed by atoms with van der Waals surface area (Å²) in [4.78, 5) is 4.14. The van der Waals surface area contributed by atoms with E-state index in [2.05, 4.69) is 10.1 Å². The lowest BCUT2D eigenvalue weighted by Crippen LogP contribution is -2.13. The van der Waals surface area contributed by atoms with Crippen LogP contribution < -0.4 is 5.73 Å². The summed E-state index contributed by atoms with van der Waals surface area (Å²) in [6.07, 6.45) is 2.16. The van der Waals surface area contributed by atoms with Crippen LogP contribution in [0.3, 0.4) is 0 Å². The zero-order chi connectivity index (χ0) is 12.7. The van der Waals surface area contributed by atoms with Gasteiger partial charge in [0.1, 0.15) is 0 Å². The van der Waals surface area contributed by atoms with Gasteiger partial charge in [-0.25, -0.2) is 4.39 Å². The van der Waals surface area contributed by atoms with Crippen LogP contribution in [0.15, 0.2) is 22.7 Å². The Bertz CT molecular complexity index is 582. The normalized spacial score (nSPS) is 16.8. The summed E-state index contributed by atoms with van der Waals surface area (Å²) in [6, 6.07) is 4.41. The van der Waals surface area contributed by atoms with Gasteiger partial charge in [0, 0.05) is 0 Å². The highest BCUT2D eigenvalue weighted by Gasteiger charge is 2.32. The molecule has 1 aromatic heterocycles. The van der Waals surface area contributed by atoms with Crippen LogP contribution in [0.4, 0.5) is 4.39 Å². The predicted octanol–water partition coefficient (Wildman–Crippen LogP) is 2.94. The van der Waals surface area contributed by atoms with E-state index >= 15 is 0 Å². The summed E-state index contributed by atoms with van der Waals surface area (Å²) in [5, 5.41) is 3.83. The van der Waals surface area contributed by atoms with Gasteiger partial charge in [0.05, 0.1) is 16.6 Å². The molecule has 0 aliphatic heterocycles. The average Bonchev–Trinajstić information content (AvgIpc) is 3.10. The van der Waals surface area contributed by atoms with E-state index in [1.807, 2.05) is 0 Å². The maximum absolute atomic E-state index is 13.8. The Hall–Kier alpha value is -1.46. The molecule has 18 heavy (non-hydrogen) atoms. The molecule has 3 rings (SSSR count). The van der Waals surface area contributed by atoms with E-state index in [1.54, 1.807) is 12.1 Å². The van der Waals surface area contributed by atoms with Crippen molar-refractivity contribution >= 4 is 11.6 Å². The van der Waals surface area contributed by atoms with E-state index in [1.165, 1.54) is 6.07 Å². The maximum Gasteiger partial charge on any atom is 0.261 e. The van der Waals surface area contributed by atoms with E-state index in [9.17, 15) is 4.39 Å². The number of rotatable bonds is 3. The lowest BCUT2D eigenvalue weighted by molar-refractivity contribution is 0.410. The number of benzene rings is 1. The van der Waals surface area contributed by atoms with Gasteiger partial charge in [0.2, 0.25) is 0 Å².